The molecule has 2 N–H and O–H groups in total. The maximum Gasteiger partial charge on any atom is 0.135 e. The fraction of sp³-hybridized carbons (Fsp3) is 0.208. The number of ether oxygens (including phenoxy) is 1. The SMILES string of the molecule is Nc1nccc2nc(C3CCCC3)nc(-c3ccc(Oc4ccccc4)cc3)c12. The van der Waals surface area contributed by atoms with Gasteiger partial charge in [0.2, 0.25) is 0 Å². The summed E-state index contributed by atoms with van der Waals surface area (Å²) >= 11 is 0. The van der Waals surface area contributed by atoms with Gasteiger partial charge in [-0.25, -0.2) is 15.0 Å². The van der Waals surface area contributed by atoms with E-state index in [1.807, 2.05) is 60.7 Å². The highest BCUT2D eigenvalue weighted by Gasteiger charge is 2.22. The van der Waals surface area contributed by atoms with Crippen LogP contribution in [-0.4, -0.2) is 15.0 Å². The standard InChI is InChI=1S/C24H22N4O/c25-23-21-20(14-15-26-23)27-24(17-6-4-5-7-17)28-22(21)16-10-12-19(13-11-16)29-18-8-2-1-3-9-18/h1-3,8-15,17H,4-7H2,(H2,25,26). The number of aromatic nitrogens is 3. The van der Waals surface area contributed by atoms with E-state index in [0.29, 0.717) is 11.7 Å². The summed E-state index contributed by atoms with van der Waals surface area (Å²) in [6.45, 7) is 0. The van der Waals surface area contributed by atoms with Crippen LogP contribution in [0.5, 0.6) is 11.5 Å². The predicted octanol–water partition coefficient (Wildman–Crippen LogP) is 5.72. The van der Waals surface area contributed by atoms with Crippen molar-refractivity contribution < 1.29 is 4.74 Å². The molecule has 0 radical (unpaired) electrons. The number of benzene rings is 2. The van der Waals surface area contributed by atoms with Gasteiger partial charge in [0.05, 0.1) is 16.6 Å². The van der Waals surface area contributed by atoms with Gasteiger partial charge in [0.15, 0.2) is 0 Å². The van der Waals surface area contributed by atoms with E-state index >= 15 is 0 Å². The van der Waals surface area contributed by atoms with Crippen LogP contribution < -0.4 is 10.5 Å². The first-order valence-corrected chi connectivity index (χ1v) is 10.0. The van der Waals surface area contributed by atoms with Crippen LogP contribution in [-0.2, 0) is 0 Å². The Bertz CT molecular complexity index is 1140. The van der Waals surface area contributed by atoms with Crippen LogP contribution in [0.2, 0.25) is 0 Å². The van der Waals surface area contributed by atoms with Crippen LogP contribution in [0.4, 0.5) is 5.82 Å². The lowest BCUT2D eigenvalue weighted by Crippen LogP contribution is -2.05. The minimum Gasteiger partial charge on any atom is -0.457 e. The number of anilines is 1. The molecule has 0 spiro atoms. The maximum atomic E-state index is 6.21. The third kappa shape index (κ3) is 3.51. The van der Waals surface area contributed by atoms with Gasteiger partial charge in [-0.3, -0.25) is 0 Å². The zero-order valence-corrected chi connectivity index (χ0v) is 16.1. The van der Waals surface area contributed by atoms with Crippen LogP contribution in [0.3, 0.4) is 0 Å². The van der Waals surface area contributed by atoms with E-state index in [9.17, 15) is 0 Å². The highest BCUT2D eigenvalue weighted by Crippen LogP contribution is 2.36. The monoisotopic (exact) mass is 382 g/mol. The summed E-state index contributed by atoms with van der Waals surface area (Å²) in [6.07, 6.45) is 6.49. The summed E-state index contributed by atoms with van der Waals surface area (Å²) in [5, 5.41) is 0.811. The average molecular weight is 382 g/mol. The highest BCUT2D eigenvalue weighted by molar-refractivity contribution is 5.99. The fourth-order valence-corrected chi connectivity index (χ4v) is 4.00. The first-order valence-electron chi connectivity index (χ1n) is 10.0. The van der Waals surface area contributed by atoms with Crippen molar-refractivity contribution in [2.24, 2.45) is 0 Å². The van der Waals surface area contributed by atoms with E-state index in [1.165, 1.54) is 12.8 Å². The van der Waals surface area contributed by atoms with E-state index in [0.717, 1.165) is 52.3 Å². The Balaban J connectivity index is 1.56. The molecule has 2 aromatic carbocycles. The molecular weight excluding hydrogens is 360 g/mol. The van der Waals surface area contributed by atoms with Crippen LogP contribution >= 0.6 is 0 Å². The minimum atomic E-state index is 0.424. The largest absolute Gasteiger partial charge is 0.457 e. The molecule has 2 aromatic heterocycles. The second-order valence-corrected chi connectivity index (χ2v) is 7.44. The average Bonchev–Trinajstić information content (AvgIpc) is 3.30. The number of pyridine rings is 1. The highest BCUT2D eigenvalue weighted by atomic mass is 16.5. The van der Waals surface area contributed by atoms with Gasteiger partial charge < -0.3 is 10.5 Å². The van der Waals surface area contributed by atoms with Gasteiger partial charge in [0.1, 0.15) is 23.1 Å². The zero-order valence-electron chi connectivity index (χ0n) is 16.1. The van der Waals surface area contributed by atoms with Gasteiger partial charge in [0.25, 0.3) is 0 Å². The molecule has 5 nitrogen and oxygen atoms in total. The zero-order chi connectivity index (χ0) is 19.6. The molecule has 1 saturated carbocycles. The number of nitrogens with zero attached hydrogens (tertiary/aromatic N) is 3. The number of para-hydroxylation sites is 1. The van der Waals surface area contributed by atoms with E-state index < -0.39 is 0 Å². The van der Waals surface area contributed by atoms with Crippen LogP contribution in [0.25, 0.3) is 22.2 Å². The summed E-state index contributed by atoms with van der Waals surface area (Å²) in [6, 6.07) is 19.6. The molecule has 2 heterocycles. The molecular formula is C24H22N4O. The quantitative estimate of drug-likeness (QED) is 0.488. The second kappa shape index (κ2) is 7.51. The lowest BCUT2D eigenvalue weighted by Gasteiger charge is -2.14. The van der Waals surface area contributed by atoms with E-state index in [-0.39, 0.29) is 0 Å². The van der Waals surface area contributed by atoms with Gasteiger partial charge in [-0.05, 0) is 55.3 Å². The Morgan fingerprint density at radius 2 is 1.55 bits per heavy atom. The number of nitrogens with two attached hydrogens (primary N) is 1. The van der Waals surface area contributed by atoms with Gasteiger partial charge in [-0.1, -0.05) is 31.0 Å². The second-order valence-electron chi connectivity index (χ2n) is 7.44. The molecule has 1 aliphatic carbocycles. The molecule has 0 bridgehead atoms. The minimum absolute atomic E-state index is 0.424. The Morgan fingerprint density at radius 3 is 2.31 bits per heavy atom. The number of nitrogen functional groups attached to an aromatic ring is 1. The molecule has 1 fully saturated rings. The van der Waals surface area contributed by atoms with Crippen molar-refractivity contribution >= 4 is 16.7 Å². The molecule has 4 aromatic rings. The molecule has 144 valence electrons. The summed E-state index contributed by atoms with van der Waals surface area (Å²) in [7, 11) is 0. The first-order chi connectivity index (χ1) is 14.3. The molecule has 0 saturated heterocycles. The van der Waals surface area contributed by atoms with Crippen molar-refractivity contribution in [3.8, 4) is 22.8 Å². The van der Waals surface area contributed by atoms with E-state index in [2.05, 4.69) is 4.98 Å². The van der Waals surface area contributed by atoms with Crippen LogP contribution in [0, 0.1) is 0 Å². The first kappa shape index (κ1) is 17.6. The van der Waals surface area contributed by atoms with Crippen molar-refractivity contribution in [2.75, 3.05) is 5.73 Å². The maximum absolute atomic E-state index is 6.21. The van der Waals surface area contributed by atoms with Gasteiger partial charge in [-0.2, -0.15) is 0 Å². The van der Waals surface area contributed by atoms with Crippen LogP contribution in [0.15, 0.2) is 66.9 Å². The molecule has 0 amide bonds. The lowest BCUT2D eigenvalue weighted by atomic mass is 10.0. The Hall–Kier alpha value is -3.47. The Kier molecular flexibility index (Phi) is 4.56. The van der Waals surface area contributed by atoms with Crippen molar-refractivity contribution in [2.45, 2.75) is 31.6 Å². The molecule has 0 aliphatic heterocycles. The Morgan fingerprint density at radius 1 is 0.828 bits per heavy atom. The molecule has 1 aliphatic rings. The van der Waals surface area contributed by atoms with Crippen molar-refractivity contribution in [3.63, 3.8) is 0 Å². The predicted molar refractivity (Wildman–Crippen MR) is 115 cm³/mol. The van der Waals surface area contributed by atoms with E-state index in [4.69, 9.17) is 20.4 Å². The molecule has 5 rings (SSSR count). The van der Waals surface area contributed by atoms with Gasteiger partial charge in [0, 0.05) is 17.7 Å². The number of fused-ring (bicyclic) bond motifs is 1. The summed E-state index contributed by atoms with van der Waals surface area (Å²) < 4.78 is 5.92. The van der Waals surface area contributed by atoms with E-state index in [1.54, 1.807) is 6.20 Å². The summed E-state index contributed by atoms with van der Waals surface area (Å²) in [5.74, 6) is 3.39. The summed E-state index contributed by atoms with van der Waals surface area (Å²) in [4.78, 5) is 14.0. The normalized spacial score (nSPS) is 14.3. The fourth-order valence-electron chi connectivity index (χ4n) is 4.00. The molecule has 29 heavy (non-hydrogen) atoms. The third-order valence-corrected chi connectivity index (χ3v) is 5.48. The number of rotatable bonds is 4. The van der Waals surface area contributed by atoms with Crippen LogP contribution in [0.1, 0.15) is 37.4 Å². The Labute approximate surface area is 169 Å². The summed E-state index contributed by atoms with van der Waals surface area (Å²) in [5.41, 5.74) is 8.89. The lowest BCUT2D eigenvalue weighted by molar-refractivity contribution is 0.483. The van der Waals surface area contributed by atoms with Crippen molar-refractivity contribution in [1.82, 2.24) is 15.0 Å². The van der Waals surface area contributed by atoms with Crippen molar-refractivity contribution in [1.29, 1.82) is 0 Å². The van der Waals surface area contributed by atoms with Gasteiger partial charge >= 0.3 is 0 Å². The topological polar surface area (TPSA) is 73.9 Å². The molecule has 0 unspecified atom stereocenters. The number of hydrogen-bond acceptors (Lipinski definition) is 5. The molecule has 5 heteroatoms. The number of hydrogen-bond donors (Lipinski definition) is 1. The van der Waals surface area contributed by atoms with Gasteiger partial charge in [-0.15, -0.1) is 0 Å². The smallest absolute Gasteiger partial charge is 0.135 e. The van der Waals surface area contributed by atoms with Crippen molar-refractivity contribution in [3.05, 3.63) is 72.7 Å². The molecule has 0 atom stereocenters. The third-order valence-electron chi connectivity index (χ3n) is 5.48.